The summed E-state index contributed by atoms with van der Waals surface area (Å²) in [4.78, 5) is 0. The maximum absolute atomic E-state index is 4.48. The van der Waals surface area contributed by atoms with Gasteiger partial charge in [-0.2, -0.15) is 0 Å². The Bertz CT molecular complexity index is 152. The van der Waals surface area contributed by atoms with Gasteiger partial charge in [-0.1, -0.05) is 17.4 Å². The molecule has 0 bridgehead atoms. The van der Waals surface area contributed by atoms with E-state index in [0.29, 0.717) is 0 Å². The molecular formula is C2H3N3S4. The Morgan fingerprint density at radius 3 is 2.22 bits per heavy atom. The van der Waals surface area contributed by atoms with Gasteiger partial charge in [-0.05, 0) is 12.2 Å². The number of thiol groups is 2. The average molecular weight is 197 g/mol. The van der Waals surface area contributed by atoms with Crippen molar-refractivity contribution in [3.05, 3.63) is 0 Å². The van der Waals surface area contributed by atoms with E-state index in [-0.39, 0.29) is 8.64 Å². The Morgan fingerprint density at radius 1 is 1.33 bits per heavy atom. The molecule has 0 fully saturated rings. The van der Waals surface area contributed by atoms with Crippen LogP contribution in [0.4, 0.5) is 0 Å². The number of hydrogen-bond acceptors (Lipinski definition) is 3. The van der Waals surface area contributed by atoms with Crippen molar-refractivity contribution < 1.29 is 0 Å². The van der Waals surface area contributed by atoms with Gasteiger partial charge in [-0.15, -0.1) is 30.4 Å². The molecular weight excluding hydrogens is 194 g/mol. The van der Waals surface area contributed by atoms with Crippen LogP contribution in [0.2, 0.25) is 0 Å². The predicted octanol–water partition coefficient (Wildman–Crippen LogP) is 1.37. The number of hydrogen-bond donors (Lipinski definition) is 3. The molecule has 0 saturated carbocycles. The summed E-state index contributed by atoms with van der Waals surface area (Å²) in [5.74, 6) is 0. The summed E-state index contributed by atoms with van der Waals surface area (Å²) in [6, 6.07) is 0. The lowest BCUT2D eigenvalue weighted by molar-refractivity contribution is 0.962. The second-order valence-electron chi connectivity index (χ2n) is 0.900. The van der Waals surface area contributed by atoms with Crippen molar-refractivity contribution in [2.24, 2.45) is 10.3 Å². The van der Waals surface area contributed by atoms with Gasteiger partial charge in [0.05, 0.1) is 0 Å². The number of rotatable bonds is 1. The fourth-order valence-corrected chi connectivity index (χ4v) is 0.282. The first kappa shape index (κ1) is 9.28. The highest BCUT2D eigenvalue weighted by Crippen LogP contribution is 1.85. The molecule has 0 aromatic rings. The summed E-state index contributed by atoms with van der Waals surface area (Å²) in [5.41, 5.74) is 2.29. The molecule has 0 aliphatic rings. The summed E-state index contributed by atoms with van der Waals surface area (Å²) >= 11 is 16.3. The molecule has 0 aliphatic carbocycles. The zero-order chi connectivity index (χ0) is 7.28. The number of thiocarbonyl (C=S) groups is 2. The first-order valence-electron chi connectivity index (χ1n) is 1.75. The second-order valence-corrected chi connectivity index (χ2v) is 3.17. The molecule has 0 aliphatic heterocycles. The molecule has 50 valence electrons. The van der Waals surface area contributed by atoms with Crippen molar-refractivity contribution in [1.82, 2.24) is 5.43 Å². The normalized spacial score (nSPS) is 9.56. The first-order chi connectivity index (χ1) is 4.13. The third-order valence-electron chi connectivity index (χ3n) is 0.281. The number of nitrogens with one attached hydrogen (secondary N) is 1. The van der Waals surface area contributed by atoms with Crippen LogP contribution in [-0.4, -0.2) is 8.64 Å². The molecule has 0 rings (SSSR count). The summed E-state index contributed by atoms with van der Waals surface area (Å²) in [5, 5.41) is 6.65. The standard InChI is InChI=1S/C2H3N3S4/c6-1(7)3-5-4-2(8)9/h(H3,3,4,6,7,8,9). The minimum atomic E-state index is 0.145. The Balaban J connectivity index is 3.48. The Kier molecular flexibility index (Phi) is 5.25. The Labute approximate surface area is 74.1 Å². The summed E-state index contributed by atoms with van der Waals surface area (Å²) in [7, 11) is 0. The third-order valence-corrected chi connectivity index (χ3v) is 0.644. The molecule has 3 nitrogen and oxygen atoms in total. The molecule has 0 saturated heterocycles. The highest BCUT2D eigenvalue weighted by atomic mass is 32.1. The molecule has 0 atom stereocenters. The van der Waals surface area contributed by atoms with E-state index in [1.807, 2.05) is 0 Å². The van der Waals surface area contributed by atoms with Crippen LogP contribution in [0.3, 0.4) is 0 Å². The van der Waals surface area contributed by atoms with Gasteiger partial charge in [0.15, 0.2) is 8.64 Å². The van der Waals surface area contributed by atoms with E-state index in [4.69, 9.17) is 0 Å². The minimum absolute atomic E-state index is 0.145. The van der Waals surface area contributed by atoms with Gasteiger partial charge in [0.2, 0.25) is 0 Å². The molecule has 0 heterocycles. The van der Waals surface area contributed by atoms with Gasteiger partial charge < -0.3 is 0 Å². The van der Waals surface area contributed by atoms with Crippen LogP contribution >= 0.6 is 49.7 Å². The van der Waals surface area contributed by atoms with E-state index in [0.717, 1.165) is 0 Å². The van der Waals surface area contributed by atoms with Crippen molar-refractivity contribution in [3.8, 4) is 0 Å². The average Bonchev–Trinajstić information content (AvgIpc) is 1.63. The molecule has 0 aromatic heterocycles. The Morgan fingerprint density at radius 2 is 1.89 bits per heavy atom. The van der Waals surface area contributed by atoms with Gasteiger partial charge in [-0.25, -0.2) is 5.43 Å². The maximum Gasteiger partial charge on any atom is 0.181 e. The fraction of sp³-hybridized carbons (Fsp3) is 0. The van der Waals surface area contributed by atoms with Crippen LogP contribution in [-0.2, 0) is 0 Å². The van der Waals surface area contributed by atoms with Crippen molar-refractivity contribution >= 4 is 58.3 Å². The van der Waals surface area contributed by atoms with Crippen LogP contribution in [0.15, 0.2) is 10.3 Å². The molecule has 1 N–H and O–H groups in total. The zero-order valence-electron chi connectivity index (χ0n) is 4.11. The molecule has 0 radical (unpaired) electrons. The van der Waals surface area contributed by atoms with Crippen molar-refractivity contribution in [2.45, 2.75) is 0 Å². The van der Waals surface area contributed by atoms with Crippen LogP contribution < -0.4 is 5.43 Å². The van der Waals surface area contributed by atoms with Crippen LogP contribution in [0.1, 0.15) is 0 Å². The smallest absolute Gasteiger partial charge is 0.181 e. The van der Waals surface area contributed by atoms with E-state index in [1.165, 1.54) is 0 Å². The van der Waals surface area contributed by atoms with Crippen LogP contribution in [0.5, 0.6) is 0 Å². The van der Waals surface area contributed by atoms with Gasteiger partial charge in [-0.3, -0.25) is 0 Å². The van der Waals surface area contributed by atoms with E-state index in [2.05, 4.69) is 65.5 Å². The molecule has 7 heteroatoms. The quantitative estimate of drug-likeness (QED) is 0.257. The third kappa shape index (κ3) is 8.28. The van der Waals surface area contributed by atoms with E-state index in [1.54, 1.807) is 0 Å². The van der Waals surface area contributed by atoms with E-state index < -0.39 is 0 Å². The topological polar surface area (TPSA) is 36.8 Å². The van der Waals surface area contributed by atoms with Crippen molar-refractivity contribution in [1.29, 1.82) is 0 Å². The second kappa shape index (κ2) is 5.10. The predicted molar refractivity (Wildman–Crippen MR) is 51.2 cm³/mol. The Hall–Kier alpha value is 0.280. The highest BCUT2D eigenvalue weighted by Gasteiger charge is 1.80. The summed E-state index contributed by atoms with van der Waals surface area (Å²) < 4.78 is 0.385. The minimum Gasteiger partial charge on any atom is -0.243 e. The SMILES string of the molecule is S=C(S)/N=N/NC(=S)S. The molecule has 9 heavy (non-hydrogen) atoms. The van der Waals surface area contributed by atoms with Gasteiger partial charge in [0, 0.05) is 0 Å². The molecule has 0 amide bonds. The lowest BCUT2D eigenvalue weighted by atomic mass is 11.4. The van der Waals surface area contributed by atoms with Crippen LogP contribution in [0.25, 0.3) is 0 Å². The number of nitrogens with zero attached hydrogens (tertiary/aromatic N) is 2. The van der Waals surface area contributed by atoms with Crippen molar-refractivity contribution in [2.75, 3.05) is 0 Å². The monoisotopic (exact) mass is 197 g/mol. The van der Waals surface area contributed by atoms with E-state index >= 15 is 0 Å². The molecule has 0 aromatic carbocycles. The van der Waals surface area contributed by atoms with Gasteiger partial charge in [0.1, 0.15) is 0 Å². The van der Waals surface area contributed by atoms with E-state index in [9.17, 15) is 0 Å². The molecule has 0 unspecified atom stereocenters. The maximum atomic E-state index is 4.48. The fourth-order valence-electron chi connectivity index (χ4n) is 0.111. The van der Waals surface area contributed by atoms with Gasteiger partial charge >= 0.3 is 0 Å². The summed E-state index contributed by atoms with van der Waals surface area (Å²) in [6.07, 6.45) is 0. The summed E-state index contributed by atoms with van der Waals surface area (Å²) in [6.45, 7) is 0. The van der Waals surface area contributed by atoms with Crippen LogP contribution in [0, 0.1) is 0 Å². The zero-order valence-corrected chi connectivity index (χ0v) is 7.53. The lowest BCUT2D eigenvalue weighted by Gasteiger charge is -1.87. The largest absolute Gasteiger partial charge is 0.243 e. The highest BCUT2D eigenvalue weighted by molar-refractivity contribution is 8.11. The lowest BCUT2D eigenvalue weighted by Crippen LogP contribution is -2.06. The van der Waals surface area contributed by atoms with Gasteiger partial charge in [0.25, 0.3) is 0 Å². The first-order valence-corrected chi connectivity index (χ1v) is 3.46. The molecule has 0 spiro atoms. The van der Waals surface area contributed by atoms with Crippen molar-refractivity contribution in [3.63, 3.8) is 0 Å².